The molecule has 4 N–H and O–H groups in total. The predicted octanol–water partition coefficient (Wildman–Crippen LogP) is 2.90. The molecule has 0 radical (unpaired) electrons. The first-order valence-corrected chi connectivity index (χ1v) is 9.29. The Morgan fingerprint density at radius 1 is 1.30 bits per heavy atom. The van der Waals surface area contributed by atoms with Gasteiger partial charge >= 0.3 is 0 Å². The summed E-state index contributed by atoms with van der Waals surface area (Å²) in [5.41, 5.74) is 6.99. The van der Waals surface area contributed by atoms with E-state index in [4.69, 9.17) is 10.9 Å². The van der Waals surface area contributed by atoms with Crippen LogP contribution in [0.3, 0.4) is 0 Å². The lowest BCUT2D eigenvalue weighted by Crippen LogP contribution is -2.17. The van der Waals surface area contributed by atoms with Gasteiger partial charge < -0.3 is 5.73 Å². The van der Waals surface area contributed by atoms with Crippen LogP contribution in [-0.4, -0.2) is 13.7 Å². The summed E-state index contributed by atoms with van der Waals surface area (Å²) in [6.07, 6.45) is 4.87. The van der Waals surface area contributed by atoms with Crippen LogP contribution in [0, 0.1) is 12.8 Å². The second-order valence-corrected chi connectivity index (χ2v) is 8.57. The van der Waals surface area contributed by atoms with Crippen LogP contribution in [-0.2, 0) is 10.0 Å². The Hall–Kier alpha value is -0.720. The van der Waals surface area contributed by atoms with Crippen molar-refractivity contribution < 1.29 is 8.42 Å². The highest BCUT2D eigenvalue weighted by atomic mass is 32.2. The van der Waals surface area contributed by atoms with Crippen LogP contribution in [0.15, 0.2) is 21.9 Å². The topological polar surface area (TPSA) is 86.2 Å². The Labute approximate surface area is 125 Å². The van der Waals surface area contributed by atoms with E-state index in [1.807, 2.05) is 6.07 Å². The lowest BCUT2D eigenvalue weighted by Gasteiger charge is -2.27. The second-order valence-electron chi connectivity index (χ2n) is 5.70. The van der Waals surface area contributed by atoms with E-state index >= 15 is 0 Å². The summed E-state index contributed by atoms with van der Waals surface area (Å²) in [5, 5.41) is 5.79. The number of anilines is 1. The first kappa shape index (κ1) is 15.7. The highest BCUT2D eigenvalue weighted by molar-refractivity contribution is 8.00. The van der Waals surface area contributed by atoms with Gasteiger partial charge in [0, 0.05) is 15.8 Å². The van der Waals surface area contributed by atoms with Gasteiger partial charge in [-0.25, -0.2) is 13.6 Å². The molecular formula is C14H22N2O2S2. The zero-order valence-electron chi connectivity index (χ0n) is 11.9. The van der Waals surface area contributed by atoms with Crippen molar-refractivity contribution in [1.29, 1.82) is 0 Å². The fourth-order valence-electron chi connectivity index (χ4n) is 2.77. The zero-order valence-corrected chi connectivity index (χ0v) is 13.6. The van der Waals surface area contributed by atoms with Crippen LogP contribution < -0.4 is 10.9 Å². The maximum Gasteiger partial charge on any atom is 0.238 e. The van der Waals surface area contributed by atoms with Gasteiger partial charge in [0.1, 0.15) is 0 Å². The summed E-state index contributed by atoms with van der Waals surface area (Å²) in [7, 11) is -3.72. The maximum absolute atomic E-state index is 11.6. The molecule has 1 aromatic rings. The van der Waals surface area contributed by atoms with Gasteiger partial charge in [-0.05, 0) is 43.4 Å². The molecule has 6 heteroatoms. The van der Waals surface area contributed by atoms with Crippen LogP contribution in [0.1, 0.15) is 38.2 Å². The van der Waals surface area contributed by atoms with Crippen molar-refractivity contribution in [2.45, 2.75) is 54.6 Å². The highest BCUT2D eigenvalue weighted by Gasteiger charge is 2.22. The van der Waals surface area contributed by atoms with Crippen LogP contribution in [0.5, 0.6) is 0 Å². The number of primary sulfonamides is 1. The molecule has 1 fully saturated rings. The molecule has 1 saturated carbocycles. The summed E-state index contributed by atoms with van der Waals surface area (Å²) in [6, 6.07) is 3.30. The molecule has 0 aromatic heterocycles. The molecule has 0 spiro atoms. The first-order chi connectivity index (χ1) is 9.27. The average molecular weight is 314 g/mol. The smallest absolute Gasteiger partial charge is 0.238 e. The summed E-state index contributed by atoms with van der Waals surface area (Å²) < 4.78 is 23.2. The quantitative estimate of drug-likeness (QED) is 0.840. The standard InChI is InChI=1S/C14H22N2O2S2/c1-9-4-3-5-12(6-9)19-13-7-11(15)8-14(10(13)2)20(16,17)18/h7-9,12H,3-6,15H2,1-2H3,(H2,16,17,18). The summed E-state index contributed by atoms with van der Waals surface area (Å²) in [5.74, 6) is 0.736. The normalized spacial score (nSPS) is 23.8. The number of hydrogen-bond acceptors (Lipinski definition) is 4. The molecule has 0 heterocycles. The summed E-state index contributed by atoms with van der Waals surface area (Å²) >= 11 is 1.74. The van der Waals surface area contributed by atoms with E-state index in [0.29, 0.717) is 16.5 Å². The molecule has 0 amide bonds. The lowest BCUT2D eigenvalue weighted by molar-refractivity contribution is 0.394. The van der Waals surface area contributed by atoms with Gasteiger partial charge in [0.15, 0.2) is 0 Å². The number of nitrogens with two attached hydrogens (primary N) is 2. The molecule has 1 aromatic carbocycles. The molecule has 20 heavy (non-hydrogen) atoms. The molecule has 2 rings (SSSR count). The molecule has 112 valence electrons. The summed E-state index contributed by atoms with van der Waals surface area (Å²) in [4.78, 5) is 1.08. The lowest BCUT2D eigenvalue weighted by atomic mass is 9.91. The predicted molar refractivity (Wildman–Crippen MR) is 84.2 cm³/mol. The highest BCUT2D eigenvalue weighted by Crippen LogP contribution is 2.39. The van der Waals surface area contributed by atoms with Gasteiger partial charge in [-0.3, -0.25) is 0 Å². The SMILES string of the molecule is Cc1c(SC2CCCC(C)C2)cc(N)cc1S(N)(=O)=O. The van der Waals surface area contributed by atoms with Crippen molar-refractivity contribution in [2.75, 3.05) is 5.73 Å². The van der Waals surface area contributed by atoms with Gasteiger partial charge in [-0.15, -0.1) is 11.8 Å². The molecule has 0 saturated heterocycles. The number of rotatable bonds is 3. The summed E-state index contributed by atoms with van der Waals surface area (Å²) in [6.45, 7) is 4.07. The fourth-order valence-corrected chi connectivity index (χ4v) is 5.23. The van der Waals surface area contributed by atoms with Crippen molar-refractivity contribution in [2.24, 2.45) is 11.1 Å². The van der Waals surface area contributed by atoms with Crippen molar-refractivity contribution >= 4 is 27.5 Å². The molecular weight excluding hydrogens is 292 g/mol. The minimum atomic E-state index is -3.72. The molecule has 4 nitrogen and oxygen atoms in total. The maximum atomic E-state index is 11.6. The van der Waals surface area contributed by atoms with E-state index in [-0.39, 0.29) is 4.90 Å². The monoisotopic (exact) mass is 314 g/mol. The third-order valence-electron chi connectivity index (χ3n) is 3.82. The Bertz CT molecular complexity index is 599. The van der Waals surface area contributed by atoms with E-state index in [1.54, 1.807) is 18.7 Å². The minimum absolute atomic E-state index is 0.142. The first-order valence-electron chi connectivity index (χ1n) is 6.87. The van der Waals surface area contributed by atoms with E-state index in [2.05, 4.69) is 6.92 Å². The molecule has 1 aliphatic rings. The van der Waals surface area contributed by atoms with E-state index in [0.717, 1.165) is 10.8 Å². The average Bonchev–Trinajstić information content (AvgIpc) is 2.32. The van der Waals surface area contributed by atoms with Crippen molar-refractivity contribution in [3.8, 4) is 0 Å². The van der Waals surface area contributed by atoms with E-state index in [9.17, 15) is 8.42 Å². The van der Waals surface area contributed by atoms with Gasteiger partial charge in [0.25, 0.3) is 0 Å². The Kier molecular flexibility index (Phi) is 4.66. The number of benzene rings is 1. The third-order valence-corrected chi connectivity index (χ3v) is 6.30. The van der Waals surface area contributed by atoms with Crippen LogP contribution >= 0.6 is 11.8 Å². The number of thioether (sulfide) groups is 1. The largest absolute Gasteiger partial charge is 0.399 e. The van der Waals surface area contributed by atoms with Crippen molar-refractivity contribution in [1.82, 2.24) is 0 Å². The van der Waals surface area contributed by atoms with Crippen molar-refractivity contribution in [3.63, 3.8) is 0 Å². The van der Waals surface area contributed by atoms with Crippen molar-refractivity contribution in [3.05, 3.63) is 17.7 Å². The van der Waals surface area contributed by atoms with Crippen LogP contribution in [0.2, 0.25) is 0 Å². The minimum Gasteiger partial charge on any atom is -0.399 e. The number of nitrogen functional groups attached to an aromatic ring is 1. The van der Waals surface area contributed by atoms with Crippen LogP contribution in [0.4, 0.5) is 5.69 Å². The molecule has 1 aliphatic carbocycles. The molecule has 0 bridgehead atoms. The van der Waals surface area contributed by atoms with Crippen LogP contribution in [0.25, 0.3) is 0 Å². The Morgan fingerprint density at radius 3 is 2.60 bits per heavy atom. The molecule has 2 atom stereocenters. The second kappa shape index (κ2) is 5.95. The number of sulfonamides is 1. The van der Waals surface area contributed by atoms with Gasteiger partial charge in [-0.2, -0.15) is 0 Å². The fraction of sp³-hybridized carbons (Fsp3) is 0.571. The zero-order chi connectivity index (χ0) is 14.9. The number of hydrogen-bond donors (Lipinski definition) is 2. The van der Waals surface area contributed by atoms with E-state index < -0.39 is 10.0 Å². The third kappa shape index (κ3) is 3.68. The van der Waals surface area contributed by atoms with Gasteiger partial charge in [0.05, 0.1) is 4.90 Å². The molecule has 0 aliphatic heterocycles. The Morgan fingerprint density at radius 2 is 2.00 bits per heavy atom. The Balaban J connectivity index is 2.30. The van der Waals surface area contributed by atoms with Gasteiger partial charge in [-0.1, -0.05) is 19.8 Å². The van der Waals surface area contributed by atoms with E-state index in [1.165, 1.54) is 31.7 Å². The molecule has 2 unspecified atom stereocenters. The van der Waals surface area contributed by atoms with Gasteiger partial charge in [0.2, 0.25) is 10.0 Å².